The van der Waals surface area contributed by atoms with E-state index in [0.717, 1.165) is 17.9 Å². The van der Waals surface area contributed by atoms with Crippen LogP contribution in [-0.2, 0) is 6.54 Å². The van der Waals surface area contributed by atoms with Crippen molar-refractivity contribution in [3.63, 3.8) is 0 Å². The van der Waals surface area contributed by atoms with Crippen LogP contribution in [0.15, 0.2) is 18.2 Å². The van der Waals surface area contributed by atoms with Crippen LogP contribution in [0, 0.1) is 0 Å². The molecular formula is C17H27NOS. The van der Waals surface area contributed by atoms with E-state index in [2.05, 4.69) is 30.9 Å². The Balaban J connectivity index is 2.03. The van der Waals surface area contributed by atoms with E-state index >= 15 is 0 Å². The first-order valence-corrected chi connectivity index (χ1v) is 8.98. The zero-order valence-corrected chi connectivity index (χ0v) is 13.6. The first kappa shape index (κ1) is 15.7. The molecule has 0 radical (unpaired) electrons. The molecule has 1 saturated heterocycles. The summed E-state index contributed by atoms with van der Waals surface area (Å²) >= 11 is 1.98. The summed E-state index contributed by atoms with van der Waals surface area (Å²) in [6.45, 7) is 7.72. The minimum absolute atomic E-state index is 0.453. The Hall–Kier alpha value is -0.670. The predicted octanol–water partition coefficient (Wildman–Crippen LogP) is 4.23. The van der Waals surface area contributed by atoms with Crippen molar-refractivity contribution in [2.75, 3.05) is 24.6 Å². The molecule has 0 saturated carbocycles. The summed E-state index contributed by atoms with van der Waals surface area (Å²) in [5, 5.41) is 10.1. The summed E-state index contributed by atoms with van der Waals surface area (Å²) in [4.78, 5) is 2.47. The number of nitrogens with zero attached hydrogens (tertiary/aromatic N) is 1. The number of phenols is 1. The molecule has 1 aromatic rings. The molecule has 1 aliphatic heterocycles. The number of benzene rings is 1. The van der Waals surface area contributed by atoms with Crippen LogP contribution in [0.5, 0.6) is 5.75 Å². The van der Waals surface area contributed by atoms with Crippen LogP contribution in [0.25, 0.3) is 0 Å². The summed E-state index contributed by atoms with van der Waals surface area (Å²) in [7, 11) is 0. The van der Waals surface area contributed by atoms with Crippen LogP contribution >= 0.6 is 11.8 Å². The van der Waals surface area contributed by atoms with E-state index in [4.69, 9.17) is 0 Å². The fraction of sp³-hybridized carbons (Fsp3) is 0.647. The van der Waals surface area contributed by atoms with E-state index < -0.39 is 0 Å². The minimum Gasteiger partial charge on any atom is -0.508 e. The second kappa shape index (κ2) is 7.94. The third kappa shape index (κ3) is 4.42. The maximum absolute atomic E-state index is 10.1. The van der Waals surface area contributed by atoms with E-state index in [1.807, 2.05) is 17.8 Å². The van der Waals surface area contributed by atoms with Gasteiger partial charge >= 0.3 is 0 Å². The highest BCUT2D eigenvalue weighted by molar-refractivity contribution is 7.99. The molecule has 2 nitrogen and oxygen atoms in total. The van der Waals surface area contributed by atoms with Gasteiger partial charge in [0.05, 0.1) is 0 Å². The van der Waals surface area contributed by atoms with Crippen molar-refractivity contribution in [1.29, 1.82) is 0 Å². The standard InChI is InChI=1S/C17H27NOS/c1-3-20-13-14(2)15-7-8-17(19)16(11-15)12-18-9-5-4-6-10-18/h7-8,11,14,19H,3-6,9-10,12-13H2,1-2H3. The summed E-state index contributed by atoms with van der Waals surface area (Å²) in [6.07, 6.45) is 3.95. The molecular weight excluding hydrogens is 266 g/mol. The molecule has 1 aromatic carbocycles. The maximum Gasteiger partial charge on any atom is 0.120 e. The number of hydrogen-bond acceptors (Lipinski definition) is 3. The first-order valence-electron chi connectivity index (χ1n) is 7.82. The van der Waals surface area contributed by atoms with Gasteiger partial charge in [-0.05, 0) is 55.0 Å². The molecule has 1 heterocycles. The van der Waals surface area contributed by atoms with Gasteiger partial charge in [-0.2, -0.15) is 11.8 Å². The second-order valence-corrected chi connectivity index (χ2v) is 7.10. The molecule has 1 fully saturated rings. The number of thioether (sulfide) groups is 1. The van der Waals surface area contributed by atoms with Crippen LogP contribution in [0.4, 0.5) is 0 Å². The lowest BCUT2D eigenvalue weighted by molar-refractivity contribution is 0.218. The number of aromatic hydroxyl groups is 1. The van der Waals surface area contributed by atoms with Crippen molar-refractivity contribution < 1.29 is 5.11 Å². The largest absolute Gasteiger partial charge is 0.508 e. The number of piperidine rings is 1. The molecule has 1 N–H and O–H groups in total. The van der Waals surface area contributed by atoms with E-state index in [1.165, 1.54) is 43.7 Å². The van der Waals surface area contributed by atoms with Gasteiger partial charge in [0.1, 0.15) is 5.75 Å². The smallest absolute Gasteiger partial charge is 0.120 e. The Morgan fingerprint density at radius 3 is 2.70 bits per heavy atom. The van der Waals surface area contributed by atoms with E-state index in [-0.39, 0.29) is 0 Å². The Morgan fingerprint density at radius 2 is 2.00 bits per heavy atom. The Labute approximate surface area is 127 Å². The van der Waals surface area contributed by atoms with Crippen molar-refractivity contribution in [2.45, 2.75) is 45.6 Å². The van der Waals surface area contributed by atoms with Crippen LogP contribution in [-0.4, -0.2) is 34.6 Å². The molecule has 2 rings (SSSR count). The van der Waals surface area contributed by atoms with Gasteiger partial charge in [0.2, 0.25) is 0 Å². The van der Waals surface area contributed by atoms with Gasteiger partial charge in [0.25, 0.3) is 0 Å². The highest BCUT2D eigenvalue weighted by Gasteiger charge is 2.14. The SMILES string of the molecule is CCSCC(C)c1ccc(O)c(CN2CCCCC2)c1. The van der Waals surface area contributed by atoms with Gasteiger partial charge in [-0.3, -0.25) is 4.90 Å². The monoisotopic (exact) mass is 293 g/mol. The molecule has 0 aliphatic carbocycles. The third-order valence-corrected chi connectivity index (χ3v) is 5.23. The Morgan fingerprint density at radius 1 is 1.25 bits per heavy atom. The Kier molecular flexibility index (Phi) is 6.24. The number of likely N-dealkylation sites (tertiary alicyclic amines) is 1. The van der Waals surface area contributed by atoms with Crippen LogP contribution in [0.1, 0.15) is 50.2 Å². The fourth-order valence-electron chi connectivity index (χ4n) is 2.79. The van der Waals surface area contributed by atoms with Gasteiger partial charge < -0.3 is 5.11 Å². The van der Waals surface area contributed by atoms with Gasteiger partial charge in [0, 0.05) is 12.1 Å². The van der Waals surface area contributed by atoms with Gasteiger partial charge in [-0.25, -0.2) is 0 Å². The third-order valence-electron chi connectivity index (χ3n) is 4.09. The normalized spacial score (nSPS) is 18.1. The summed E-state index contributed by atoms with van der Waals surface area (Å²) in [5.74, 6) is 3.34. The van der Waals surface area contributed by atoms with E-state index in [9.17, 15) is 5.11 Å². The molecule has 1 aliphatic rings. The number of rotatable bonds is 6. The van der Waals surface area contributed by atoms with Crippen molar-refractivity contribution >= 4 is 11.8 Å². The summed E-state index contributed by atoms with van der Waals surface area (Å²) in [5.41, 5.74) is 2.45. The second-order valence-electron chi connectivity index (χ2n) is 5.79. The summed E-state index contributed by atoms with van der Waals surface area (Å²) < 4.78 is 0. The molecule has 1 atom stereocenters. The topological polar surface area (TPSA) is 23.5 Å². The highest BCUT2D eigenvalue weighted by atomic mass is 32.2. The average molecular weight is 293 g/mol. The van der Waals surface area contributed by atoms with E-state index in [1.54, 1.807) is 0 Å². The first-order chi connectivity index (χ1) is 9.70. The van der Waals surface area contributed by atoms with Crippen molar-refractivity contribution in [3.8, 4) is 5.75 Å². The zero-order valence-electron chi connectivity index (χ0n) is 12.8. The summed E-state index contributed by atoms with van der Waals surface area (Å²) in [6, 6.07) is 6.17. The van der Waals surface area contributed by atoms with Gasteiger partial charge in [-0.15, -0.1) is 0 Å². The lowest BCUT2D eigenvalue weighted by Crippen LogP contribution is -2.29. The van der Waals surface area contributed by atoms with Gasteiger partial charge in [0.15, 0.2) is 0 Å². The fourth-order valence-corrected chi connectivity index (χ4v) is 3.57. The van der Waals surface area contributed by atoms with Gasteiger partial charge in [-0.1, -0.05) is 32.4 Å². The zero-order chi connectivity index (χ0) is 14.4. The molecule has 0 spiro atoms. The highest BCUT2D eigenvalue weighted by Crippen LogP contribution is 2.27. The minimum atomic E-state index is 0.453. The molecule has 0 amide bonds. The van der Waals surface area contributed by atoms with E-state index in [0.29, 0.717) is 11.7 Å². The number of phenolic OH excluding ortho intramolecular Hbond substituents is 1. The molecule has 1 unspecified atom stereocenters. The molecule has 20 heavy (non-hydrogen) atoms. The molecule has 0 bridgehead atoms. The van der Waals surface area contributed by atoms with Crippen molar-refractivity contribution in [1.82, 2.24) is 4.90 Å². The molecule has 112 valence electrons. The molecule has 0 aromatic heterocycles. The lowest BCUT2D eigenvalue weighted by Gasteiger charge is -2.27. The lowest BCUT2D eigenvalue weighted by atomic mass is 9.99. The number of hydrogen-bond donors (Lipinski definition) is 1. The molecule has 3 heteroatoms. The average Bonchev–Trinajstić information content (AvgIpc) is 2.48. The van der Waals surface area contributed by atoms with Crippen LogP contribution in [0.2, 0.25) is 0 Å². The maximum atomic E-state index is 10.1. The predicted molar refractivity (Wildman–Crippen MR) is 88.6 cm³/mol. The van der Waals surface area contributed by atoms with Crippen LogP contribution in [0.3, 0.4) is 0 Å². The quantitative estimate of drug-likeness (QED) is 0.849. The van der Waals surface area contributed by atoms with Crippen molar-refractivity contribution in [2.24, 2.45) is 0 Å². The Bertz CT molecular complexity index is 415. The van der Waals surface area contributed by atoms with Crippen molar-refractivity contribution in [3.05, 3.63) is 29.3 Å². The van der Waals surface area contributed by atoms with Crippen LogP contribution < -0.4 is 0 Å².